The van der Waals surface area contributed by atoms with E-state index in [9.17, 15) is 9.59 Å². The molecular weight excluding hydrogens is 518 g/mol. The predicted octanol–water partition coefficient (Wildman–Crippen LogP) is 3.72. The highest BCUT2D eigenvalue weighted by Crippen LogP contribution is 2.37. The second kappa shape index (κ2) is 14.5. The minimum absolute atomic E-state index is 0.242. The molecule has 4 rings (SSSR count). The average Bonchev–Trinajstić information content (AvgIpc) is 3.34. The van der Waals surface area contributed by atoms with E-state index in [0.29, 0.717) is 26.0 Å². The van der Waals surface area contributed by atoms with Gasteiger partial charge in [-0.3, -0.25) is 14.3 Å². The lowest BCUT2D eigenvalue weighted by molar-refractivity contribution is -0.127. The summed E-state index contributed by atoms with van der Waals surface area (Å²) in [5, 5.41) is 3.65. The molecule has 0 radical (unpaired) electrons. The third kappa shape index (κ3) is 7.38. The Morgan fingerprint density at radius 1 is 1.02 bits per heavy atom. The molecule has 12 heteroatoms. The molecular formula is C28H33N5O7. The molecule has 0 saturated carbocycles. The first-order valence-corrected chi connectivity index (χ1v) is 12.9. The van der Waals surface area contributed by atoms with Gasteiger partial charge in [-0.2, -0.15) is 0 Å². The second-order valence-electron chi connectivity index (χ2n) is 9.26. The van der Waals surface area contributed by atoms with Crippen LogP contribution in [0.4, 0.5) is 0 Å². The van der Waals surface area contributed by atoms with E-state index in [1.165, 1.54) is 23.9 Å². The summed E-state index contributed by atoms with van der Waals surface area (Å²) in [7, 11) is 3.12. The van der Waals surface area contributed by atoms with Crippen LogP contribution in [0.5, 0.6) is 5.75 Å². The highest BCUT2D eigenvalue weighted by molar-refractivity contribution is 5.26. The maximum absolute atomic E-state index is 12.7. The SMILES string of the molecule is COc1ccc(COC2C(OC)[C@H](n3ccc(=O)[nH]c3=O)O[C@@H]2C(CCCN=[N+]=[N-])OCc2ccccc2)cc1. The van der Waals surface area contributed by atoms with Crippen molar-refractivity contribution in [2.75, 3.05) is 20.8 Å². The Labute approximate surface area is 231 Å². The van der Waals surface area contributed by atoms with Crippen molar-refractivity contribution in [1.29, 1.82) is 0 Å². The molecule has 5 atom stereocenters. The van der Waals surface area contributed by atoms with Crippen molar-refractivity contribution in [2.24, 2.45) is 5.11 Å². The molecule has 0 bridgehead atoms. The summed E-state index contributed by atoms with van der Waals surface area (Å²) >= 11 is 0. The molecule has 1 aromatic heterocycles. The van der Waals surface area contributed by atoms with E-state index < -0.39 is 41.9 Å². The Morgan fingerprint density at radius 3 is 2.45 bits per heavy atom. The number of aromatic nitrogens is 2. The monoisotopic (exact) mass is 551 g/mol. The van der Waals surface area contributed by atoms with Gasteiger partial charge in [-0.15, -0.1) is 0 Å². The predicted molar refractivity (Wildman–Crippen MR) is 146 cm³/mol. The van der Waals surface area contributed by atoms with Crippen LogP contribution in [0.25, 0.3) is 10.4 Å². The molecule has 1 fully saturated rings. The van der Waals surface area contributed by atoms with E-state index in [0.717, 1.165) is 16.9 Å². The number of rotatable bonds is 14. The fourth-order valence-corrected chi connectivity index (χ4v) is 4.70. The Kier molecular flexibility index (Phi) is 10.5. The minimum atomic E-state index is -0.889. The topological polar surface area (TPSA) is 150 Å². The molecule has 1 aliphatic rings. The molecule has 2 heterocycles. The van der Waals surface area contributed by atoms with Crippen LogP contribution in [-0.4, -0.2) is 54.7 Å². The maximum Gasteiger partial charge on any atom is 0.330 e. The van der Waals surface area contributed by atoms with Crippen molar-refractivity contribution in [2.45, 2.75) is 56.7 Å². The Morgan fingerprint density at radius 2 is 1.77 bits per heavy atom. The summed E-state index contributed by atoms with van der Waals surface area (Å²) in [5.41, 5.74) is 9.47. The smallest absolute Gasteiger partial charge is 0.330 e. The maximum atomic E-state index is 12.7. The molecule has 1 aliphatic heterocycles. The number of nitrogens with zero attached hydrogens (tertiary/aromatic N) is 4. The van der Waals surface area contributed by atoms with Crippen molar-refractivity contribution in [1.82, 2.24) is 9.55 Å². The molecule has 3 unspecified atom stereocenters. The van der Waals surface area contributed by atoms with Crippen LogP contribution in [0.1, 0.15) is 30.2 Å². The van der Waals surface area contributed by atoms with Crippen molar-refractivity contribution in [3.8, 4) is 5.75 Å². The van der Waals surface area contributed by atoms with Gasteiger partial charge in [-0.05, 0) is 41.6 Å². The van der Waals surface area contributed by atoms with Gasteiger partial charge >= 0.3 is 5.69 Å². The quantitative estimate of drug-likeness (QED) is 0.139. The Balaban J connectivity index is 1.63. The first-order chi connectivity index (χ1) is 19.5. The van der Waals surface area contributed by atoms with E-state index in [2.05, 4.69) is 15.0 Å². The largest absolute Gasteiger partial charge is 0.497 e. The Hall–Kier alpha value is -3.93. The van der Waals surface area contributed by atoms with Crippen LogP contribution in [0.3, 0.4) is 0 Å². The van der Waals surface area contributed by atoms with E-state index >= 15 is 0 Å². The van der Waals surface area contributed by atoms with Crippen molar-refractivity contribution >= 4 is 0 Å². The molecule has 212 valence electrons. The molecule has 1 saturated heterocycles. The number of aromatic amines is 1. The molecule has 3 aromatic rings. The van der Waals surface area contributed by atoms with E-state index in [1.54, 1.807) is 7.11 Å². The zero-order chi connectivity index (χ0) is 28.3. The molecule has 2 aromatic carbocycles. The summed E-state index contributed by atoms with van der Waals surface area (Å²) in [6, 6.07) is 18.5. The summed E-state index contributed by atoms with van der Waals surface area (Å²) in [4.78, 5) is 29.5. The van der Waals surface area contributed by atoms with Gasteiger partial charge in [-0.1, -0.05) is 47.6 Å². The molecule has 1 N–H and O–H groups in total. The third-order valence-electron chi connectivity index (χ3n) is 6.71. The normalized spacial score (nSPS) is 21.1. The second-order valence-corrected chi connectivity index (χ2v) is 9.26. The number of H-pyrrole nitrogens is 1. The first kappa shape index (κ1) is 29.1. The van der Waals surface area contributed by atoms with Crippen molar-refractivity contribution in [3.05, 3.63) is 109 Å². The van der Waals surface area contributed by atoms with Gasteiger partial charge in [0.1, 0.15) is 24.1 Å². The fraction of sp³-hybridized carbons (Fsp3) is 0.429. The number of hydrogen-bond acceptors (Lipinski definition) is 8. The molecule has 0 spiro atoms. The summed E-state index contributed by atoms with van der Waals surface area (Å²) in [6.45, 7) is 0.854. The van der Waals surface area contributed by atoms with E-state index in [-0.39, 0.29) is 6.61 Å². The van der Waals surface area contributed by atoms with Crippen LogP contribution < -0.4 is 16.0 Å². The summed E-state index contributed by atoms with van der Waals surface area (Å²) in [6.07, 6.45) is -0.943. The van der Waals surface area contributed by atoms with Gasteiger partial charge in [0.15, 0.2) is 6.23 Å². The number of azide groups is 1. The third-order valence-corrected chi connectivity index (χ3v) is 6.71. The van der Waals surface area contributed by atoms with Gasteiger partial charge in [0.25, 0.3) is 5.56 Å². The number of methoxy groups -OCH3 is 2. The lowest BCUT2D eigenvalue weighted by atomic mass is 10.0. The zero-order valence-corrected chi connectivity index (χ0v) is 22.4. The fourth-order valence-electron chi connectivity index (χ4n) is 4.70. The van der Waals surface area contributed by atoms with Crippen LogP contribution in [-0.2, 0) is 32.2 Å². The average molecular weight is 552 g/mol. The molecule has 0 amide bonds. The van der Waals surface area contributed by atoms with Crippen molar-refractivity contribution in [3.63, 3.8) is 0 Å². The van der Waals surface area contributed by atoms with E-state index in [4.69, 9.17) is 29.2 Å². The number of benzene rings is 2. The van der Waals surface area contributed by atoms with Gasteiger partial charge < -0.3 is 23.7 Å². The van der Waals surface area contributed by atoms with Crippen LogP contribution in [0.2, 0.25) is 0 Å². The highest BCUT2D eigenvalue weighted by atomic mass is 16.6. The van der Waals surface area contributed by atoms with Gasteiger partial charge in [0, 0.05) is 30.8 Å². The molecule has 12 nitrogen and oxygen atoms in total. The van der Waals surface area contributed by atoms with Gasteiger partial charge in [0.05, 0.1) is 26.4 Å². The Bertz CT molecular complexity index is 1370. The van der Waals surface area contributed by atoms with Crippen molar-refractivity contribution < 1.29 is 23.7 Å². The number of nitrogens with one attached hydrogen (secondary N) is 1. The highest BCUT2D eigenvalue weighted by Gasteiger charge is 2.50. The molecule has 0 aliphatic carbocycles. The first-order valence-electron chi connectivity index (χ1n) is 12.9. The number of hydrogen-bond donors (Lipinski definition) is 1. The van der Waals surface area contributed by atoms with Crippen LogP contribution in [0.15, 0.2) is 81.6 Å². The van der Waals surface area contributed by atoms with E-state index in [1.807, 2.05) is 54.6 Å². The standard InChI is InChI=1S/C28H33N5O7/c1-36-21-12-10-20(11-13-21)18-39-25-24(40-27(26(25)37-2)33-16-14-23(34)31-28(33)35)22(9-6-15-30-32-29)38-17-19-7-4-3-5-8-19/h3-5,7-8,10-14,16,22,24-27H,6,9,15,17-18H2,1-2H3,(H,31,34,35)/t22?,24-,25?,26?,27-/m1/s1. The van der Waals surface area contributed by atoms with Crippen LogP contribution in [0, 0.1) is 0 Å². The summed E-state index contributed by atoms with van der Waals surface area (Å²) in [5.74, 6) is 0.729. The minimum Gasteiger partial charge on any atom is -0.497 e. The zero-order valence-electron chi connectivity index (χ0n) is 22.4. The molecule has 40 heavy (non-hydrogen) atoms. The van der Waals surface area contributed by atoms with Gasteiger partial charge in [-0.25, -0.2) is 4.79 Å². The lowest BCUT2D eigenvalue weighted by Crippen LogP contribution is -2.43. The van der Waals surface area contributed by atoms with Crippen LogP contribution >= 0.6 is 0 Å². The van der Waals surface area contributed by atoms with Gasteiger partial charge in [0.2, 0.25) is 0 Å². The lowest BCUT2D eigenvalue weighted by Gasteiger charge is -2.29. The summed E-state index contributed by atoms with van der Waals surface area (Å²) < 4.78 is 31.6. The number of ether oxygens (including phenoxy) is 5.